The van der Waals surface area contributed by atoms with E-state index in [0.717, 1.165) is 10.9 Å². The van der Waals surface area contributed by atoms with Gasteiger partial charge in [0.1, 0.15) is 23.3 Å². The highest BCUT2D eigenvalue weighted by Crippen LogP contribution is 2.17. The molecule has 7 heteroatoms. The number of nitriles is 1. The highest BCUT2D eigenvalue weighted by atomic mass is 19.1. The molecule has 0 aliphatic carbocycles. The molecule has 0 bridgehead atoms. The molecule has 0 aromatic carbocycles. The lowest BCUT2D eigenvalue weighted by molar-refractivity contribution is 0.561. The number of aromatic nitrogens is 3. The molecular weight excluding hydrogens is 216 g/mol. The Kier molecular flexibility index (Phi) is 2.25. The van der Waals surface area contributed by atoms with Gasteiger partial charge in [-0.05, 0) is 0 Å². The molecule has 0 saturated heterocycles. The maximum Gasteiger partial charge on any atom is 0.192 e. The fourth-order valence-electron chi connectivity index (χ4n) is 1.18. The minimum atomic E-state index is -0.903. The molecule has 0 fully saturated rings. The van der Waals surface area contributed by atoms with Crippen molar-refractivity contribution in [1.82, 2.24) is 14.8 Å². The van der Waals surface area contributed by atoms with Crippen LogP contribution in [-0.4, -0.2) is 14.8 Å². The van der Waals surface area contributed by atoms with Gasteiger partial charge in [0.25, 0.3) is 0 Å². The first-order chi connectivity index (χ1) is 7.63. The van der Waals surface area contributed by atoms with E-state index in [1.165, 1.54) is 6.20 Å². The van der Waals surface area contributed by atoms with Crippen molar-refractivity contribution >= 4 is 5.82 Å². The predicted molar refractivity (Wildman–Crippen MR) is 50.4 cm³/mol. The van der Waals surface area contributed by atoms with Gasteiger partial charge < -0.3 is 5.73 Å². The molecule has 80 valence electrons. The highest BCUT2D eigenvalue weighted by Gasteiger charge is 2.14. The molecule has 2 rings (SSSR count). The molecule has 0 saturated carbocycles. The van der Waals surface area contributed by atoms with Crippen LogP contribution in [0.15, 0.2) is 18.5 Å². The van der Waals surface area contributed by atoms with E-state index in [1.807, 2.05) is 0 Å². The first kappa shape index (κ1) is 10.0. The Morgan fingerprint density at radius 2 is 2.12 bits per heavy atom. The van der Waals surface area contributed by atoms with E-state index in [9.17, 15) is 8.78 Å². The average Bonchev–Trinajstić information content (AvgIpc) is 2.60. The highest BCUT2D eigenvalue weighted by molar-refractivity contribution is 5.51. The minimum Gasteiger partial charge on any atom is -0.382 e. The summed E-state index contributed by atoms with van der Waals surface area (Å²) in [7, 11) is 0. The number of pyridine rings is 1. The Morgan fingerprint density at radius 3 is 2.69 bits per heavy atom. The van der Waals surface area contributed by atoms with Crippen LogP contribution in [0.4, 0.5) is 14.6 Å². The largest absolute Gasteiger partial charge is 0.382 e. The van der Waals surface area contributed by atoms with Crippen LogP contribution in [0.25, 0.3) is 5.82 Å². The third-order valence-corrected chi connectivity index (χ3v) is 1.92. The Morgan fingerprint density at radius 1 is 1.38 bits per heavy atom. The number of hydrogen-bond donors (Lipinski definition) is 1. The molecule has 2 aromatic rings. The van der Waals surface area contributed by atoms with Gasteiger partial charge in [-0.1, -0.05) is 0 Å². The van der Waals surface area contributed by atoms with Crippen molar-refractivity contribution in [2.45, 2.75) is 0 Å². The van der Waals surface area contributed by atoms with Crippen molar-refractivity contribution < 1.29 is 8.78 Å². The van der Waals surface area contributed by atoms with E-state index in [4.69, 9.17) is 11.0 Å². The summed E-state index contributed by atoms with van der Waals surface area (Å²) in [5.74, 6) is -1.99. The van der Waals surface area contributed by atoms with Crippen molar-refractivity contribution in [3.05, 3.63) is 35.7 Å². The van der Waals surface area contributed by atoms with E-state index >= 15 is 0 Å². The Balaban J connectivity index is 2.60. The Labute approximate surface area is 88.7 Å². The average molecular weight is 221 g/mol. The van der Waals surface area contributed by atoms with Crippen LogP contribution in [0.5, 0.6) is 0 Å². The van der Waals surface area contributed by atoms with Gasteiger partial charge in [0.2, 0.25) is 0 Å². The lowest BCUT2D eigenvalue weighted by atomic mass is 10.3. The lowest BCUT2D eigenvalue weighted by Crippen LogP contribution is -2.07. The van der Waals surface area contributed by atoms with Gasteiger partial charge in [-0.2, -0.15) is 15.0 Å². The third-order valence-electron chi connectivity index (χ3n) is 1.92. The Bertz CT molecular complexity index is 584. The van der Waals surface area contributed by atoms with E-state index in [-0.39, 0.29) is 17.2 Å². The number of nitrogens with zero attached hydrogens (tertiary/aromatic N) is 4. The SMILES string of the molecule is N#Cc1cnn(-c2ncc(F)cc2F)c1N. The molecule has 16 heavy (non-hydrogen) atoms. The molecular formula is C9H5F2N5. The summed E-state index contributed by atoms with van der Waals surface area (Å²) in [5, 5.41) is 12.3. The maximum absolute atomic E-state index is 13.3. The van der Waals surface area contributed by atoms with Crippen LogP contribution in [0, 0.1) is 23.0 Å². The summed E-state index contributed by atoms with van der Waals surface area (Å²) in [4.78, 5) is 3.52. The van der Waals surface area contributed by atoms with Gasteiger partial charge in [-0.25, -0.2) is 13.8 Å². The van der Waals surface area contributed by atoms with Crippen LogP contribution in [0.3, 0.4) is 0 Å². The summed E-state index contributed by atoms with van der Waals surface area (Å²) in [5.41, 5.74) is 5.63. The van der Waals surface area contributed by atoms with Crippen LogP contribution >= 0.6 is 0 Å². The second kappa shape index (κ2) is 3.58. The standard InChI is InChI=1S/C9H5F2N5/c10-6-1-7(11)9(14-4-6)16-8(13)5(2-12)3-15-16/h1,3-4H,13H2. The monoisotopic (exact) mass is 221 g/mol. The molecule has 2 heterocycles. The summed E-state index contributed by atoms with van der Waals surface area (Å²) in [6.45, 7) is 0. The van der Waals surface area contributed by atoms with Crippen molar-refractivity contribution in [2.24, 2.45) is 0 Å². The summed E-state index contributed by atoms with van der Waals surface area (Å²) >= 11 is 0. The quantitative estimate of drug-likeness (QED) is 0.778. The molecule has 0 radical (unpaired) electrons. The van der Waals surface area contributed by atoms with Crippen LogP contribution in [0.2, 0.25) is 0 Å². The Hall–Kier alpha value is -2.49. The smallest absolute Gasteiger partial charge is 0.192 e. The molecule has 0 aliphatic heterocycles. The zero-order chi connectivity index (χ0) is 11.7. The number of halogens is 2. The number of rotatable bonds is 1. The van der Waals surface area contributed by atoms with Gasteiger partial charge in [0.05, 0.1) is 12.4 Å². The second-order valence-corrected chi connectivity index (χ2v) is 2.93. The summed E-state index contributed by atoms with van der Waals surface area (Å²) < 4.78 is 26.9. The van der Waals surface area contributed by atoms with E-state index in [2.05, 4.69) is 10.1 Å². The van der Waals surface area contributed by atoms with Crippen LogP contribution < -0.4 is 5.73 Å². The lowest BCUT2D eigenvalue weighted by Gasteiger charge is -2.03. The van der Waals surface area contributed by atoms with Crippen molar-refractivity contribution in [2.75, 3.05) is 5.73 Å². The topological polar surface area (TPSA) is 80.5 Å². The first-order valence-electron chi connectivity index (χ1n) is 4.18. The number of nitrogen functional groups attached to an aromatic ring is 1. The molecule has 0 spiro atoms. The van der Waals surface area contributed by atoms with Gasteiger partial charge in [0.15, 0.2) is 11.6 Å². The number of hydrogen-bond acceptors (Lipinski definition) is 4. The number of anilines is 1. The molecule has 2 aromatic heterocycles. The van der Waals surface area contributed by atoms with Crippen molar-refractivity contribution in [3.63, 3.8) is 0 Å². The first-order valence-corrected chi connectivity index (χ1v) is 4.18. The second-order valence-electron chi connectivity index (χ2n) is 2.93. The van der Waals surface area contributed by atoms with Crippen molar-refractivity contribution in [1.29, 1.82) is 5.26 Å². The van der Waals surface area contributed by atoms with Gasteiger partial charge in [-0.3, -0.25) is 0 Å². The molecule has 0 amide bonds. The molecule has 0 aliphatic rings. The summed E-state index contributed by atoms with van der Waals surface area (Å²) in [6, 6.07) is 2.45. The van der Waals surface area contributed by atoms with Gasteiger partial charge in [-0.15, -0.1) is 0 Å². The molecule has 0 atom stereocenters. The fraction of sp³-hybridized carbons (Fsp3) is 0. The fourth-order valence-corrected chi connectivity index (χ4v) is 1.18. The van der Waals surface area contributed by atoms with Gasteiger partial charge >= 0.3 is 0 Å². The van der Waals surface area contributed by atoms with E-state index in [1.54, 1.807) is 6.07 Å². The van der Waals surface area contributed by atoms with Gasteiger partial charge in [0, 0.05) is 6.07 Å². The zero-order valence-electron chi connectivity index (χ0n) is 7.85. The zero-order valence-corrected chi connectivity index (χ0v) is 7.85. The summed E-state index contributed by atoms with van der Waals surface area (Å²) in [6.07, 6.45) is 2.02. The third kappa shape index (κ3) is 1.46. The van der Waals surface area contributed by atoms with Crippen LogP contribution in [0.1, 0.15) is 5.56 Å². The number of nitrogens with two attached hydrogens (primary N) is 1. The van der Waals surface area contributed by atoms with E-state index < -0.39 is 11.6 Å². The molecule has 0 unspecified atom stereocenters. The van der Waals surface area contributed by atoms with E-state index in [0.29, 0.717) is 6.07 Å². The van der Waals surface area contributed by atoms with Crippen molar-refractivity contribution in [3.8, 4) is 11.9 Å². The molecule has 2 N–H and O–H groups in total. The predicted octanol–water partition coefficient (Wildman–Crippen LogP) is 0.999. The molecule has 5 nitrogen and oxygen atoms in total. The normalized spacial score (nSPS) is 10.1. The van der Waals surface area contributed by atoms with Crippen LogP contribution in [-0.2, 0) is 0 Å². The maximum atomic E-state index is 13.3. The minimum absolute atomic E-state index is 0.0412.